The van der Waals surface area contributed by atoms with Crippen molar-refractivity contribution in [2.75, 3.05) is 18.5 Å². The number of carbonyl (C=O) groups excluding carboxylic acids is 1. The lowest BCUT2D eigenvalue weighted by atomic mass is 10.2. The van der Waals surface area contributed by atoms with Gasteiger partial charge in [0.15, 0.2) is 11.5 Å². The number of rotatable bonds is 9. The van der Waals surface area contributed by atoms with E-state index in [0.29, 0.717) is 19.0 Å². The first kappa shape index (κ1) is 19.2. The summed E-state index contributed by atoms with van der Waals surface area (Å²) in [6.07, 6.45) is 2.99. The van der Waals surface area contributed by atoms with Crippen molar-refractivity contribution < 1.29 is 19.2 Å². The number of nitro groups is 1. The molecule has 0 aliphatic rings. The first-order chi connectivity index (χ1) is 12.6. The van der Waals surface area contributed by atoms with Gasteiger partial charge in [-0.25, -0.2) is 0 Å². The fraction of sp³-hybridized carbons (Fsp3) is 0.333. The van der Waals surface area contributed by atoms with Crippen LogP contribution in [0.2, 0.25) is 0 Å². The summed E-state index contributed by atoms with van der Waals surface area (Å²) >= 11 is 0. The molecule has 1 N–H and O–H groups in total. The van der Waals surface area contributed by atoms with Crippen LogP contribution in [0, 0.1) is 10.1 Å². The van der Waals surface area contributed by atoms with Crippen LogP contribution < -0.4 is 14.8 Å². The largest absolute Gasteiger partial charge is 0.490 e. The molecule has 26 heavy (non-hydrogen) atoms. The highest BCUT2D eigenvalue weighted by atomic mass is 16.6. The number of anilines is 1. The monoisotopic (exact) mass is 359 g/mol. The van der Waals surface area contributed by atoms with Gasteiger partial charge < -0.3 is 14.8 Å². The van der Waals surface area contributed by atoms with Gasteiger partial charge in [0.1, 0.15) is 11.4 Å². The van der Waals surface area contributed by atoms with Crippen molar-refractivity contribution in [1.29, 1.82) is 0 Å². The second-order valence-electron chi connectivity index (χ2n) is 5.44. The molecule has 2 aromatic rings. The Morgan fingerprint density at radius 2 is 1.81 bits per heavy atom. The third kappa shape index (κ3) is 4.92. The standard InChI is InChI=1S/C18H21N3O5/c1-3-9-25-16-11-14(20-18(22)13-7-5-6-8-19-13)15(21(23)24)12-17(16)26-10-4-2/h5-8,11-12H,3-4,9-10H2,1-2H3,(H,20,22). The van der Waals surface area contributed by atoms with Crippen LogP contribution in [0.25, 0.3) is 0 Å². The lowest BCUT2D eigenvalue weighted by Gasteiger charge is -2.14. The number of nitrogens with zero attached hydrogens (tertiary/aromatic N) is 2. The average molecular weight is 359 g/mol. The number of benzene rings is 1. The highest BCUT2D eigenvalue weighted by molar-refractivity contribution is 6.04. The first-order valence-corrected chi connectivity index (χ1v) is 8.37. The Kier molecular flexibility index (Phi) is 6.90. The Hall–Kier alpha value is -3.16. The summed E-state index contributed by atoms with van der Waals surface area (Å²) in [6, 6.07) is 7.55. The van der Waals surface area contributed by atoms with Gasteiger partial charge in [0, 0.05) is 12.3 Å². The zero-order valence-electron chi connectivity index (χ0n) is 14.7. The van der Waals surface area contributed by atoms with Gasteiger partial charge in [-0.05, 0) is 25.0 Å². The van der Waals surface area contributed by atoms with E-state index >= 15 is 0 Å². The van der Waals surface area contributed by atoms with Crippen LogP contribution in [0.1, 0.15) is 37.2 Å². The minimum atomic E-state index is -0.573. The Labute approximate surface area is 151 Å². The molecule has 0 fully saturated rings. The summed E-state index contributed by atoms with van der Waals surface area (Å²) in [5.41, 5.74) is -0.0889. The molecule has 1 amide bonds. The molecule has 0 atom stereocenters. The highest BCUT2D eigenvalue weighted by Gasteiger charge is 2.22. The lowest BCUT2D eigenvalue weighted by Crippen LogP contribution is -2.15. The molecular weight excluding hydrogens is 338 g/mol. The van der Waals surface area contributed by atoms with E-state index in [1.165, 1.54) is 24.4 Å². The van der Waals surface area contributed by atoms with Crippen LogP contribution in [-0.2, 0) is 0 Å². The number of pyridine rings is 1. The Balaban J connectivity index is 2.38. The summed E-state index contributed by atoms with van der Waals surface area (Å²) < 4.78 is 11.2. The van der Waals surface area contributed by atoms with E-state index in [9.17, 15) is 14.9 Å². The fourth-order valence-corrected chi connectivity index (χ4v) is 2.13. The molecule has 0 aliphatic carbocycles. The maximum atomic E-state index is 12.3. The molecule has 1 aromatic heterocycles. The maximum absolute atomic E-state index is 12.3. The number of aromatic nitrogens is 1. The van der Waals surface area contributed by atoms with Crippen molar-refractivity contribution in [1.82, 2.24) is 4.98 Å². The van der Waals surface area contributed by atoms with E-state index in [0.717, 1.165) is 12.8 Å². The Morgan fingerprint density at radius 1 is 1.15 bits per heavy atom. The average Bonchev–Trinajstić information content (AvgIpc) is 2.65. The fourth-order valence-electron chi connectivity index (χ4n) is 2.13. The maximum Gasteiger partial charge on any atom is 0.296 e. The second-order valence-corrected chi connectivity index (χ2v) is 5.44. The van der Waals surface area contributed by atoms with Crippen LogP contribution in [0.15, 0.2) is 36.5 Å². The van der Waals surface area contributed by atoms with E-state index in [1.807, 2.05) is 13.8 Å². The normalized spacial score (nSPS) is 10.2. The SMILES string of the molecule is CCCOc1cc(NC(=O)c2ccccn2)c([N+](=O)[O-])cc1OCCC. The molecule has 0 radical (unpaired) electrons. The predicted molar refractivity (Wildman–Crippen MR) is 96.9 cm³/mol. The van der Waals surface area contributed by atoms with Gasteiger partial charge in [-0.2, -0.15) is 0 Å². The molecule has 0 spiro atoms. The molecule has 1 aromatic carbocycles. The lowest BCUT2D eigenvalue weighted by molar-refractivity contribution is -0.384. The van der Waals surface area contributed by atoms with Gasteiger partial charge in [0.05, 0.1) is 24.2 Å². The van der Waals surface area contributed by atoms with Crippen LogP contribution in [-0.4, -0.2) is 29.0 Å². The molecule has 8 heteroatoms. The quantitative estimate of drug-likeness (QED) is 0.539. The number of hydrogen-bond donors (Lipinski definition) is 1. The van der Waals surface area contributed by atoms with Crippen LogP contribution in [0.4, 0.5) is 11.4 Å². The van der Waals surface area contributed by atoms with Crippen molar-refractivity contribution >= 4 is 17.3 Å². The Morgan fingerprint density at radius 3 is 2.35 bits per heavy atom. The van der Waals surface area contributed by atoms with Gasteiger partial charge in [-0.1, -0.05) is 19.9 Å². The van der Waals surface area contributed by atoms with E-state index < -0.39 is 10.8 Å². The van der Waals surface area contributed by atoms with Gasteiger partial charge in [-0.3, -0.25) is 19.9 Å². The van der Waals surface area contributed by atoms with Crippen LogP contribution >= 0.6 is 0 Å². The molecule has 0 unspecified atom stereocenters. The van der Waals surface area contributed by atoms with E-state index in [2.05, 4.69) is 10.3 Å². The molecule has 1 heterocycles. The first-order valence-electron chi connectivity index (χ1n) is 8.37. The topological polar surface area (TPSA) is 104 Å². The molecule has 2 rings (SSSR count). The summed E-state index contributed by atoms with van der Waals surface area (Å²) in [4.78, 5) is 27.1. The Bertz CT molecular complexity index is 765. The summed E-state index contributed by atoms with van der Waals surface area (Å²) in [5.74, 6) is 0.0856. The molecule has 0 bridgehead atoms. The number of carbonyl (C=O) groups is 1. The van der Waals surface area contributed by atoms with Gasteiger partial charge in [0.2, 0.25) is 0 Å². The number of hydrogen-bond acceptors (Lipinski definition) is 6. The minimum absolute atomic E-state index is 0.0283. The van der Waals surface area contributed by atoms with Crippen molar-refractivity contribution in [3.05, 3.63) is 52.3 Å². The molecule has 0 saturated heterocycles. The minimum Gasteiger partial charge on any atom is -0.490 e. The summed E-state index contributed by atoms with van der Waals surface area (Å²) in [7, 11) is 0. The zero-order valence-corrected chi connectivity index (χ0v) is 14.7. The summed E-state index contributed by atoms with van der Waals surface area (Å²) in [5, 5.41) is 14.0. The summed E-state index contributed by atoms with van der Waals surface area (Å²) in [6.45, 7) is 4.71. The predicted octanol–water partition coefficient (Wildman–Crippen LogP) is 3.82. The van der Waals surface area contributed by atoms with Gasteiger partial charge in [0.25, 0.3) is 11.6 Å². The molecule has 8 nitrogen and oxygen atoms in total. The number of nitrogens with one attached hydrogen (secondary N) is 1. The van der Waals surface area contributed by atoms with Crippen LogP contribution in [0.3, 0.4) is 0 Å². The molecule has 0 saturated carbocycles. The van der Waals surface area contributed by atoms with Crippen LogP contribution in [0.5, 0.6) is 11.5 Å². The smallest absolute Gasteiger partial charge is 0.296 e. The number of nitro benzene ring substituents is 1. The van der Waals surface area contributed by atoms with E-state index in [-0.39, 0.29) is 22.8 Å². The van der Waals surface area contributed by atoms with Crippen molar-refractivity contribution in [3.63, 3.8) is 0 Å². The molecule has 0 aliphatic heterocycles. The van der Waals surface area contributed by atoms with Crippen molar-refractivity contribution in [2.45, 2.75) is 26.7 Å². The number of ether oxygens (including phenoxy) is 2. The van der Waals surface area contributed by atoms with Gasteiger partial charge in [-0.15, -0.1) is 0 Å². The third-order valence-corrected chi connectivity index (χ3v) is 3.33. The second kappa shape index (κ2) is 9.36. The number of amides is 1. The highest BCUT2D eigenvalue weighted by Crippen LogP contribution is 2.38. The molecule has 138 valence electrons. The van der Waals surface area contributed by atoms with Gasteiger partial charge >= 0.3 is 0 Å². The van der Waals surface area contributed by atoms with Crippen molar-refractivity contribution in [2.24, 2.45) is 0 Å². The third-order valence-electron chi connectivity index (χ3n) is 3.33. The zero-order chi connectivity index (χ0) is 18.9. The van der Waals surface area contributed by atoms with Crippen molar-refractivity contribution in [3.8, 4) is 11.5 Å². The molecular formula is C18H21N3O5. The van der Waals surface area contributed by atoms with E-state index in [4.69, 9.17) is 9.47 Å². The van der Waals surface area contributed by atoms with E-state index in [1.54, 1.807) is 12.1 Å².